The van der Waals surface area contributed by atoms with E-state index in [-0.39, 0.29) is 29.3 Å². The Kier molecular flexibility index (Phi) is 3.52. The molecule has 1 aliphatic rings. The van der Waals surface area contributed by atoms with Crippen LogP contribution in [0, 0.1) is 5.82 Å². The summed E-state index contributed by atoms with van der Waals surface area (Å²) in [5.41, 5.74) is -0.00407. The maximum Gasteiger partial charge on any atom is 0.258 e. The first-order valence-corrected chi connectivity index (χ1v) is 5.89. The summed E-state index contributed by atoms with van der Waals surface area (Å²) < 4.78 is 18.5. The molecule has 1 amide bonds. The molecule has 0 unspecified atom stereocenters. The fourth-order valence-electron chi connectivity index (χ4n) is 2.22. The standard InChI is InChI=1S/C13H16FNO3/c1-8-6-18-7-9(2)15(8)13(17)11-5-10(14)3-4-12(11)16/h3-5,8-9,16H,6-7H2,1-2H3/t8-,9+. The zero-order valence-electron chi connectivity index (χ0n) is 10.4. The fourth-order valence-corrected chi connectivity index (χ4v) is 2.22. The average Bonchev–Trinajstić information content (AvgIpc) is 2.32. The number of phenols is 1. The van der Waals surface area contributed by atoms with Crippen molar-refractivity contribution in [2.24, 2.45) is 0 Å². The zero-order valence-corrected chi connectivity index (χ0v) is 10.4. The smallest absolute Gasteiger partial charge is 0.258 e. The van der Waals surface area contributed by atoms with Crippen molar-refractivity contribution in [3.05, 3.63) is 29.6 Å². The maximum atomic E-state index is 13.2. The van der Waals surface area contributed by atoms with Gasteiger partial charge in [0.25, 0.3) is 5.91 Å². The monoisotopic (exact) mass is 253 g/mol. The van der Waals surface area contributed by atoms with E-state index in [1.165, 1.54) is 6.07 Å². The van der Waals surface area contributed by atoms with E-state index in [2.05, 4.69) is 0 Å². The molecule has 98 valence electrons. The minimum atomic E-state index is -0.537. The molecule has 2 atom stereocenters. The van der Waals surface area contributed by atoms with Gasteiger partial charge in [-0.3, -0.25) is 4.79 Å². The van der Waals surface area contributed by atoms with Crippen LogP contribution in [0.4, 0.5) is 4.39 Å². The summed E-state index contributed by atoms with van der Waals surface area (Å²) in [4.78, 5) is 14.0. The van der Waals surface area contributed by atoms with E-state index in [4.69, 9.17) is 4.74 Å². The second kappa shape index (κ2) is 4.94. The number of hydrogen-bond acceptors (Lipinski definition) is 3. The fraction of sp³-hybridized carbons (Fsp3) is 0.462. The Morgan fingerprint density at radius 3 is 2.61 bits per heavy atom. The van der Waals surface area contributed by atoms with Gasteiger partial charge in [-0.15, -0.1) is 0 Å². The van der Waals surface area contributed by atoms with Gasteiger partial charge in [0.05, 0.1) is 30.9 Å². The lowest BCUT2D eigenvalue weighted by Gasteiger charge is -2.38. The van der Waals surface area contributed by atoms with E-state index in [1.807, 2.05) is 13.8 Å². The van der Waals surface area contributed by atoms with E-state index in [9.17, 15) is 14.3 Å². The molecular weight excluding hydrogens is 237 g/mol. The van der Waals surface area contributed by atoms with Crippen LogP contribution in [0.25, 0.3) is 0 Å². The highest BCUT2D eigenvalue weighted by molar-refractivity contribution is 5.97. The molecule has 0 bridgehead atoms. The average molecular weight is 253 g/mol. The third-order valence-corrected chi connectivity index (χ3v) is 3.09. The first-order valence-electron chi connectivity index (χ1n) is 5.89. The molecule has 1 aromatic carbocycles. The normalized spacial score (nSPS) is 24.1. The first-order chi connectivity index (χ1) is 8.50. The van der Waals surface area contributed by atoms with Gasteiger partial charge in [0.2, 0.25) is 0 Å². The van der Waals surface area contributed by atoms with Gasteiger partial charge in [-0.1, -0.05) is 0 Å². The Labute approximate surface area is 105 Å². The Hall–Kier alpha value is -1.62. The molecule has 2 rings (SSSR count). The van der Waals surface area contributed by atoms with Crippen molar-refractivity contribution in [2.45, 2.75) is 25.9 Å². The number of nitrogens with zero attached hydrogens (tertiary/aromatic N) is 1. The minimum Gasteiger partial charge on any atom is -0.507 e. The Morgan fingerprint density at radius 2 is 2.00 bits per heavy atom. The molecule has 1 fully saturated rings. The van der Waals surface area contributed by atoms with E-state index in [1.54, 1.807) is 4.90 Å². The van der Waals surface area contributed by atoms with E-state index >= 15 is 0 Å². The summed E-state index contributed by atoms with van der Waals surface area (Å²) in [6.07, 6.45) is 0. The van der Waals surface area contributed by atoms with E-state index in [0.29, 0.717) is 13.2 Å². The van der Waals surface area contributed by atoms with Gasteiger partial charge >= 0.3 is 0 Å². The Bertz CT molecular complexity index is 454. The van der Waals surface area contributed by atoms with Crippen molar-refractivity contribution in [1.29, 1.82) is 0 Å². The number of amides is 1. The molecule has 1 saturated heterocycles. The van der Waals surface area contributed by atoms with Crippen LogP contribution in [0.2, 0.25) is 0 Å². The van der Waals surface area contributed by atoms with Gasteiger partial charge in [-0.2, -0.15) is 0 Å². The number of carbonyl (C=O) groups excluding carboxylic acids is 1. The molecule has 4 nitrogen and oxygen atoms in total. The van der Waals surface area contributed by atoms with Crippen molar-refractivity contribution >= 4 is 5.91 Å². The van der Waals surface area contributed by atoms with E-state index < -0.39 is 5.82 Å². The third-order valence-electron chi connectivity index (χ3n) is 3.09. The largest absolute Gasteiger partial charge is 0.507 e. The highest BCUT2D eigenvalue weighted by atomic mass is 19.1. The number of hydrogen-bond donors (Lipinski definition) is 1. The van der Waals surface area contributed by atoms with Crippen molar-refractivity contribution < 1.29 is 19.0 Å². The molecule has 0 radical (unpaired) electrons. The summed E-state index contributed by atoms with van der Waals surface area (Å²) >= 11 is 0. The summed E-state index contributed by atoms with van der Waals surface area (Å²) in [5, 5.41) is 9.66. The van der Waals surface area contributed by atoms with Crippen LogP contribution in [0.3, 0.4) is 0 Å². The SMILES string of the molecule is C[C@@H]1COC[C@H](C)N1C(=O)c1cc(F)ccc1O. The minimum absolute atomic E-state index is 0.00407. The van der Waals surface area contributed by atoms with Gasteiger partial charge in [0, 0.05) is 0 Å². The Morgan fingerprint density at radius 1 is 1.39 bits per heavy atom. The highest BCUT2D eigenvalue weighted by Gasteiger charge is 2.31. The first kappa shape index (κ1) is 12.8. The van der Waals surface area contributed by atoms with E-state index in [0.717, 1.165) is 12.1 Å². The number of halogens is 1. The van der Waals surface area contributed by atoms with Crippen molar-refractivity contribution in [2.75, 3.05) is 13.2 Å². The molecule has 0 saturated carbocycles. The lowest BCUT2D eigenvalue weighted by atomic mass is 10.1. The van der Waals surface area contributed by atoms with Crippen LogP contribution in [-0.4, -0.2) is 41.2 Å². The lowest BCUT2D eigenvalue weighted by Crippen LogP contribution is -2.52. The number of ether oxygens (including phenoxy) is 1. The molecule has 0 aromatic heterocycles. The van der Waals surface area contributed by atoms with Crippen LogP contribution in [0.15, 0.2) is 18.2 Å². The van der Waals surface area contributed by atoms with Crippen molar-refractivity contribution in [3.63, 3.8) is 0 Å². The number of carbonyl (C=O) groups is 1. The summed E-state index contributed by atoms with van der Waals surface area (Å²) in [5.74, 6) is -1.10. The molecule has 18 heavy (non-hydrogen) atoms. The summed E-state index contributed by atoms with van der Waals surface area (Å²) in [6, 6.07) is 3.19. The predicted octanol–water partition coefficient (Wildman–Crippen LogP) is 1.78. The van der Waals surface area contributed by atoms with Crippen LogP contribution < -0.4 is 0 Å². The van der Waals surface area contributed by atoms with Crippen LogP contribution in [-0.2, 0) is 4.74 Å². The van der Waals surface area contributed by atoms with Crippen LogP contribution in [0.1, 0.15) is 24.2 Å². The van der Waals surface area contributed by atoms with Gasteiger partial charge in [0.15, 0.2) is 0 Å². The molecular formula is C13H16FNO3. The molecule has 0 spiro atoms. The lowest BCUT2D eigenvalue weighted by molar-refractivity contribution is -0.0250. The Balaban J connectivity index is 2.32. The van der Waals surface area contributed by atoms with Gasteiger partial charge in [-0.25, -0.2) is 4.39 Å². The third kappa shape index (κ3) is 2.31. The predicted molar refractivity (Wildman–Crippen MR) is 64.0 cm³/mol. The zero-order chi connectivity index (χ0) is 13.3. The van der Waals surface area contributed by atoms with Gasteiger partial charge in [-0.05, 0) is 32.0 Å². The molecule has 0 aliphatic carbocycles. The second-order valence-corrected chi connectivity index (χ2v) is 4.61. The topological polar surface area (TPSA) is 49.8 Å². The second-order valence-electron chi connectivity index (χ2n) is 4.61. The number of aromatic hydroxyl groups is 1. The number of morpholine rings is 1. The van der Waals surface area contributed by atoms with Crippen LogP contribution >= 0.6 is 0 Å². The molecule has 1 N–H and O–H groups in total. The number of rotatable bonds is 1. The summed E-state index contributed by atoms with van der Waals surface area (Å²) in [6.45, 7) is 4.63. The number of benzene rings is 1. The molecule has 1 aromatic rings. The number of phenolic OH excluding ortho intramolecular Hbond substituents is 1. The quantitative estimate of drug-likeness (QED) is 0.830. The van der Waals surface area contributed by atoms with Gasteiger partial charge < -0.3 is 14.7 Å². The van der Waals surface area contributed by atoms with Gasteiger partial charge in [0.1, 0.15) is 11.6 Å². The molecule has 1 aliphatic heterocycles. The van der Waals surface area contributed by atoms with Crippen LogP contribution in [0.5, 0.6) is 5.75 Å². The van der Waals surface area contributed by atoms with Crippen molar-refractivity contribution in [3.8, 4) is 5.75 Å². The summed E-state index contributed by atoms with van der Waals surface area (Å²) in [7, 11) is 0. The maximum absolute atomic E-state index is 13.2. The molecule has 5 heteroatoms. The molecule has 1 heterocycles. The highest BCUT2D eigenvalue weighted by Crippen LogP contribution is 2.23. The van der Waals surface area contributed by atoms with Crippen molar-refractivity contribution in [1.82, 2.24) is 4.90 Å².